The molecule has 2 aromatic heterocycles. The summed E-state index contributed by atoms with van der Waals surface area (Å²) in [7, 11) is 0. The number of imidazole rings is 1. The Morgan fingerprint density at radius 3 is 2.31 bits per heavy atom. The SMILES string of the molecule is Nc1ccnc2c1ncn2C1O[C@H](COC(=O)c2ccccc2)[C@@H](OC(=O)c2ccccc2)[C@@H]1F. The number of ether oxygens (including phenoxy) is 3. The molecule has 2 N–H and O–H groups in total. The maximum absolute atomic E-state index is 15.8. The smallest absolute Gasteiger partial charge is 0.338 e. The molecule has 1 fully saturated rings. The van der Waals surface area contributed by atoms with Crippen LogP contribution in [0.25, 0.3) is 11.2 Å². The topological polar surface area (TPSA) is 119 Å². The zero-order valence-electron chi connectivity index (χ0n) is 18.4. The molecule has 0 aliphatic carbocycles. The lowest BCUT2D eigenvalue weighted by Crippen LogP contribution is -2.37. The first kappa shape index (κ1) is 22.5. The molecule has 10 heteroatoms. The molecule has 35 heavy (non-hydrogen) atoms. The second kappa shape index (κ2) is 9.51. The molecular weight excluding hydrogens is 455 g/mol. The Morgan fingerprint density at radius 1 is 0.971 bits per heavy atom. The summed E-state index contributed by atoms with van der Waals surface area (Å²) in [6.45, 7) is -0.334. The van der Waals surface area contributed by atoms with Gasteiger partial charge in [-0.1, -0.05) is 36.4 Å². The highest BCUT2D eigenvalue weighted by Crippen LogP contribution is 2.36. The van der Waals surface area contributed by atoms with Gasteiger partial charge in [-0.05, 0) is 30.3 Å². The molecule has 4 atom stereocenters. The van der Waals surface area contributed by atoms with Crippen LogP contribution < -0.4 is 5.73 Å². The number of esters is 2. The van der Waals surface area contributed by atoms with Crippen molar-refractivity contribution >= 4 is 28.8 Å². The van der Waals surface area contributed by atoms with Gasteiger partial charge in [0.2, 0.25) is 0 Å². The third-order valence-corrected chi connectivity index (χ3v) is 5.67. The number of fused-ring (bicyclic) bond motifs is 1. The first-order chi connectivity index (χ1) is 17.0. The minimum Gasteiger partial charge on any atom is -0.459 e. The first-order valence-electron chi connectivity index (χ1n) is 10.9. The normalized spacial score (nSPS) is 21.6. The van der Waals surface area contributed by atoms with Gasteiger partial charge in [0.1, 0.15) is 18.2 Å². The minimum absolute atomic E-state index is 0.255. The van der Waals surface area contributed by atoms with Crippen LogP contribution >= 0.6 is 0 Å². The van der Waals surface area contributed by atoms with E-state index in [4.69, 9.17) is 19.9 Å². The molecule has 1 saturated heterocycles. The maximum Gasteiger partial charge on any atom is 0.338 e. The number of nitrogens with two attached hydrogens (primary N) is 1. The Bertz CT molecular complexity index is 1350. The largest absolute Gasteiger partial charge is 0.459 e. The summed E-state index contributed by atoms with van der Waals surface area (Å²) in [5.41, 5.74) is 7.61. The average Bonchev–Trinajstić information content (AvgIpc) is 3.45. The van der Waals surface area contributed by atoms with Gasteiger partial charge in [0.25, 0.3) is 0 Å². The van der Waals surface area contributed by atoms with E-state index in [0.717, 1.165) is 0 Å². The summed E-state index contributed by atoms with van der Waals surface area (Å²) in [6.07, 6.45) is -2.63. The summed E-state index contributed by atoms with van der Waals surface area (Å²) in [5.74, 6) is -1.33. The summed E-state index contributed by atoms with van der Waals surface area (Å²) in [6, 6.07) is 18.1. The Kier molecular flexibility index (Phi) is 6.11. The van der Waals surface area contributed by atoms with Crippen LogP contribution in [0.5, 0.6) is 0 Å². The standard InChI is InChI=1S/C25H21FN4O5/c26-19-21(35-25(32)16-9-5-2-6-10-16)18(13-33-24(31)15-7-3-1-4-8-15)34-23(19)30-14-29-20-17(27)11-12-28-22(20)30/h1-12,14,18-19,21,23H,13H2,(H2,27,28)/t18-,19+,21-,23?/m1/s1. The number of halogens is 1. The Morgan fingerprint density at radius 2 is 1.63 bits per heavy atom. The molecule has 0 radical (unpaired) electrons. The van der Waals surface area contributed by atoms with Crippen molar-refractivity contribution in [2.45, 2.75) is 24.6 Å². The fourth-order valence-corrected chi connectivity index (χ4v) is 3.91. The van der Waals surface area contributed by atoms with Crippen molar-refractivity contribution in [2.24, 2.45) is 0 Å². The van der Waals surface area contributed by atoms with E-state index in [-0.39, 0.29) is 12.2 Å². The fraction of sp³-hybridized carbons (Fsp3) is 0.200. The van der Waals surface area contributed by atoms with Gasteiger partial charge < -0.3 is 19.9 Å². The Balaban J connectivity index is 1.40. The predicted octanol–water partition coefficient (Wildman–Crippen LogP) is 3.33. The van der Waals surface area contributed by atoms with Gasteiger partial charge >= 0.3 is 11.9 Å². The van der Waals surface area contributed by atoms with E-state index < -0.39 is 36.5 Å². The van der Waals surface area contributed by atoms with Crippen LogP contribution in [0.3, 0.4) is 0 Å². The lowest BCUT2D eigenvalue weighted by molar-refractivity contribution is -0.0570. The van der Waals surface area contributed by atoms with Crippen LogP contribution in [0.2, 0.25) is 0 Å². The van der Waals surface area contributed by atoms with Gasteiger partial charge in [-0.2, -0.15) is 0 Å². The lowest BCUT2D eigenvalue weighted by atomic mass is 10.1. The minimum atomic E-state index is -1.80. The van der Waals surface area contributed by atoms with Crippen LogP contribution in [0, 0.1) is 0 Å². The van der Waals surface area contributed by atoms with Crippen molar-refractivity contribution in [3.63, 3.8) is 0 Å². The first-order valence-corrected chi connectivity index (χ1v) is 10.9. The summed E-state index contributed by atoms with van der Waals surface area (Å²) >= 11 is 0. The zero-order valence-corrected chi connectivity index (χ0v) is 18.4. The molecule has 178 valence electrons. The van der Waals surface area contributed by atoms with Crippen molar-refractivity contribution in [1.29, 1.82) is 0 Å². The number of carbonyl (C=O) groups is 2. The summed E-state index contributed by atoms with van der Waals surface area (Å²) in [4.78, 5) is 33.6. The monoisotopic (exact) mass is 476 g/mol. The molecular formula is C25H21FN4O5. The third kappa shape index (κ3) is 4.43. The molecule has 3 heterocycles. The number of benzene rings is 2. The van der Waals surface area contributed by atoms with Crippen molar-refractivity contribution in [3.05, 3.63) is 90.4 Å². The highest BCUT2D eigenvalue weighted by molar-refractivity contribution is 5.90. The number of nitrogen functional groups attached to an aromatic ring is 1. The maximum atomic E-state index is 15.8. The number of alkyl halides is 1. The van der Waals surface area contributed by atoms with Crippen LogP contribution in [0.1, 0.15) is 26.9 Å². The molecule has 1 aliphatic heterocycles. The molecule has 0 bridgehead atoms. The highest BCUT2D eigenvalue weighted by Gasteiger charge is 2.49. The average molecular weight is 476 g/mol. The van der Waals surface area contributed by atoms with Gasteiger partial charge in [-0.3, -0.25) is 4.57 Å². The van der Waals surface area contributed by atoms with E-state index in [2.05, 4.69) is 9.97 Å². The van der Waals surface area contributed by atoms with Crippen LogP contribution in [0.4, 0.5) is 10.1 Å². The van der Waals surface area contributed by atoms with Crippen molar-refractivity contribution in [3.8, 4) is 0 Å². The van der Waals surface area contributed by atoms with Crippen molar-refractivity contribution < 1.29 is 28.2 Å². The zero-order chi connectivity index (χ0) is 24.4. The number of hydrogen-bond donors (Lipinski definition) is 1. The molecule has 9 nitrogen and oxygen atoms in total. The van der Waals surface area contributed by atoms with E-state index in [1.807, 2.05) is 0 Å². The van der Waals surface area contributed by atoms with Crippen LogP contribution in [-0.2, 0) is 14.2 Å². The fourth-order valence-electron chi connectivity index (χ4n) is 3.91. The van der Waals surface area contributed by atoms with Gasteiger partial charge in [-0.25, -0.2) is 23.9 Å². The van der Waals surface area contributed by atoms with E-state index in [9.17, 15) is 9.59 Å². The van der Waals surface area contributed by atoms with Crippen molar-refractivity contribution in [1.82, 2.24) is 14.5 Å². The van der Waals surface area contributed by atoms with E-state index in [1.54, 1.807) is 66.7 Å². The number of pyridine rings is 1. The van der Waals surface area contributed by atoms with Gasteiger partial charge in [0.05, 0.1) is 23.1 Å². The van der Waals surface area contributed by atoms with E-state index in [1.165, 1.54) is 17.1 Å². The number of anilines is 1. The number of hydrogen-bond acceptors (Lipinski definition) is 8. The van der Waals surface area contributed by atoms with Gasteiger partial charge in [0.15, 0.2) is 24.2 Å². The molecule has 0 amide bonds. The summed E-state index contributed by atoms with van der Waals surface area (Å²) in [5, 5.41) is 0. The molecule has 1 aliphatic rings. The molecule has 0 saturated carbocycles. The molecule has 2 aromatic carbocycles. The van der Waals surface area contributed by atoms with E-state index in [0.29, 0.717) is 22.4 Å². The van der Waals surface area contributed by atoms with Crippen LogP contribution in [0.15, 0.2) is 79.3 Å². The number of rotatable bonds is 6. The van der Waals surface area contributed by atoms with Crippen molar-refractivity contribution in [2.75, 3.05) is 12.3 Å². The van der Waals surface area contributed by atoms with E-state index >= 15 is 4.39 Å². The number of nitrogens with zero attached hydrogens (tertiary/aromatic N) is 3. The second-order valence-electron chi connectivity index (χ2n) is 7.93. The van der Waals surface area contributed by atoms with Gasteiger partial charge in [-0.15, -0.1) is 0 Å². The lowest BCUT2D eigenvalue weighted by Gasteiger charge is -2.19. The quantitative estimate of drug-likeness (QED) is 0.421. The predicted molar refractivity (Wildman–Crippen MR) is 123 cm³/mol. The third-order valence-electron chi connectivity index (χ3n) is 5.67. The molecule has 4 aromatic rings. The highest BCUT2D eigenvalue weighted by atomic mass is 19.1. The number of carbonyl (C=O) groups excluding carboxylic acids is 2. The van der Waals surface area contributed by atoms with Crippen LogP contribution in [-0.4, -0.2) is 51.5 Å². The molecule has 0 spiro atoms. The molecule has 1 unspecified atom stereocenters. The Hall–Kier alpha value is -4.31. The summed E-state index contributed by atoms with van der Waals surface area (Å²) < 4.78 is 34.0. The number of aromatic nitrogens is 3. The Labute approximate surface area is 199 Å². The second-order valence-corrected chi connectivity index (χ2v) is 7.93. The molecule has 5 rings (SSSR count). The van der Waals surface area contributed by atoms with Gasteiger partial charge in [0, 0.05) is 6.20 Å².